The van der Waals surface area contributed by atoms with Gasteiger partial charge in [-0.25, -0.2) is 0 Å². The molecule has 0 spiro atoms. The lowest BCUT2D eigenvalue weighted by molar-refractivity contribution is -0.120. The zero-order valence-electron chi connectivity index (χ0n) is 9.20. The van der Waals surface area contributed by atoms with E-state index >= 15 is 0 Å². The summed E-state index contributed by atoms with van der Waals surface area (Å²) in [6.45, 7) is 0. The van der Waals surface area contributed by atoms with Crippen molar-refractivity contribution >= 4 is 29.0 Å². The number of ketones is 1. The second-order valence-electron chi connectivity index (χ2n) is 4.27. The van der Waals surface area contributed by atoms with Crippen LogP contribution < -0.4 is 5.73 Å². The quantitative estimate of drug-likeness (QED) is 0.858. The molecule has 1 aliphatic carbocycles. The minimum atomic E-state index is -0.0833. The number of allylic oxidation sites excluding steroid dienone is 1. The molecular weight excluding hydrogens is 257 g/mol. The molecular formula is C13H13Cl2NO. The van der Waals surface area contributed by atoms with Gasteiger partial charge < -0.3 is 5.73 Å². The number of hydrogen-bond donors (Lipinski definition) is 1. The van der Waals surface area contributed by atoms with Crippen molar-refractivity contribution < 1.29 is 4.79 Å². The molecule has 2 N–H and O–H groups in total. The minimum absolute atomic E-state index is 0.00113. The smallest absolute Gasteiger partial charge is 0.144 e. The highest BCUT2D eigenvalue weighted by molar-refractivity contribution is 6.33. The third-order valence-electron chi connectivity index (χ3n) is 2.90. The zero-order chi connectivity index (χ0) is 12.4. The number of Topliss-reactive ketones (excluding diaryl/α,β-unsaturated/α-hetero) is 1. The highest BCUT2D eigenvalue weighted by Crippen LogP contribution is 2.24. The van der Waals surface area contributed by atoms with Crippen LogP contribution in [-0.2, 0) is 11.2 Å². The summed E-state index contributed by atoms with van der Waals surface area (Å²) in [6.07, 6.45) is 4.76. The van der Waals surface area contributed by atoms with Gasteiger partial charge in [-0.15, -0.1) is 0 Å². The van der Waals surface area contributed by atoms with E-state index in [9.17, 15) is 4.79 Å². The van der Waals surface area contributed by atoms with Crippen LogP contribution in [0.4, 0.5) is 0 Å². The average molecular weight is 270 g/mol. The van der Waals surface area contributed by atoms with Crippen molar-refractivity contribution in [2.75, 3.05) is 0 Å². The van der Waals surface area contributed by atoms with Crippen LogP contribution in [0.3, 0.4) is 0 Å². The van der Waals surface area contributed by atoms with Gasteiger partial charge in [0.2, 0.25) is 0 Å². The molecule has 0 saturated heterocycles. The van der Waals surface area contributed by atoms with Crippen LogP contribution in [0.5, 0.6) is 0 Å². The molecule has 2 unspecified atom stereocenters. The minimum Gasteiger partial charge on any atom is -0.324 e. The maximum absolute atomic E-state index is 12.0. The van der Waals surface area contributed by atoms with Crippen LogP contribution in [0.15, 0.2) is 30.4 Å². The van der Waals surface area contributed by atoms with E-state index in [1.807, 2.05) is 12.2 Å². The number of carbonyl (C=O) groups is 1. The summed E-state index contributed by atoms with van der Waals surface area (Å²) in [7, 11) is 0. The number of nitrogens with two attached hydrogens (primary N) is 1. The molecule has 1 aromatic carbocycles. The summed E-state index contributed by atoms with van der Waals surface area (Å²) in [5, 5.41) is 1.17. The fourth-order valence-corrected chi connectivity index (χ4v) is 2.34. The van der Waals surface area contributed by atoms with Gasteiger partial charge in [0.1, 0.15) is 5.78 Å². The lowest BCUT2D eigenvalue weighted by atomic mass is 9.97. The van der Waals surface area contributed by atoms with E-state index < -0.39 is 0 Å². The summed E-state index contributed by atoms with van der Waals surface area (Å²) < 4.78 is 0. The van der Waals surface area contributed by atoms with Gasteiger partial charge in [0, 0.05) is 28.4 Å². The first-order chi connectivity index (χ1) is 8.06. The summed E-state index contributed by atoms with van der Waals surface area (Å²) in [5.74, 6) is 0.0541. The maximum Gasteiger partial charge on any atom is 0.144 e. The van der Waals surface area contributed by atoms with Crippen molar-refractivity contribution in [3.05, 3.63) is 46.0 Å². The third-order valence-corrected chi connectivity index (χ3v) is 3.51. The van der Waals surface area contributed by atoms with Crippen LogP contribution >= 0.6 is 23.2 Å². The van der Waals surface area contributed by atoms with Gasteiger partial charge in [0.15, 0.2) is 0 Å². The highest BCUT2D eigenvalue weighted by Gasteiger charge is 2.23. The topological polar surface area (TPSA) is 43.1 Å². The molecule has 4 heteroatoms. The van der Waals surface area contributed by atoms with Crippen molar-refractivity contribution in [1.82, 2.24) is 0 Å². The largest absolute Gasteiger partial charge is 0.324 e. The summed E-state index contributed by atoms with van der Waals surface area (Å²) in [4.78, 5) is 12.0. The predicted octanol–water partition coefficient (Wildman–Crippen LogP) is 3.01. The molecule has 2 rings (SSSR count). The lowest BCUT2D eigenvalue weighted by Gasteiger charge is -2.09. The average Bonchev–Trinajstić information content (AvgIpc) is 2.70. The van der Waals surface area contributed by atoms with E-state index in [1.54, 1.807) is 18.2 Å². The van der Waals surface area contributed by atoms with Crippen LogP contribution in [0.2, 0.25) is 10.0 Å². The predicted molar refractivity (Wildman–Crippen MR) is 70.4 cm³/mol. The molecule has 0 heterocycles. The first-order valence-electron chi connectivity index (χ1n) is 5.47. The number of halogens is 2. The molecule has 0 saturated carbocycles. The Hall–Kier alpha value is -0.830. The first-order valence-corrected chi connectivity index (χ1v) is 6.22. The van der Waals surface area contributed by atoms with E-state index in [1.165, 1.54) is 0 Å². The van der Waals surface area contributed by atoms with Gasteiger partial charge in [-0.3, -0.25) is 4.79 Å². The van der Waals surface area contributed by atoms with E-state index in [2.05, 4.69) is 0 Å². The second kappa shape index (κ2) is 5.21. The monoisotopic (exact) mass is 269 g/mol. The molecule has 0 bridgehead atoms. The Balaban J connectivity index is 2.08. The number of hydrogen-bond acceptors (Lipinski definition) is 2. The van der Waals surface area contributed by atoms with Crippen LogP contribution in [-0.4, -0.2) is 11.8 Å². The van der Waals surface area contributed by atoms with Crippen LogP contribution in [0.1, 0.15) is 12.0 Å². The summed E-state index contributed by atoms with van der Waals surface area (Å²) in [5.41, 5.74) is 6.50. The Bertz CT molecular complexity index is 470. The van der Waals surface area contributed by atoms with Crippen molar-refractivity contribution in [1.29, 1.82) is 0 Å². The van der Waals surface area contributed by atoms with E-state index in [4.69, 9.17) is 28.9 Å². The second-order valence-corrected chi connectivity index (χ2v) is 5.11. The molecule has 0 radical (unpaired) electrons. The number of carbonyl (C=O) groups excluding carboxylic acids is 1. The van der Waals surface area contributed by atoms with E-state index in [0.717, 1.165) is 5.56 Å². The van der Waals surface area contributed by atoms with Gasteiger partial charge in [-0.1, -0.05) is 35.4 Å². The first kappa shape index (κ1) is 12.6. The summed E-state index contributed by atoms with van der Waals surface area (Å²) >= 11 is 11.9. The molecule has 2 nitrogen and oxygen atoms in total. The lowest BCUT2D eigenvalue weighted by Crippen LogP contribution is -2.20. The molecule has 17 heavy (non-hydrogen) atoms. The van der Waals surface area contributed by atoms with Gasteiger partial charge in [-0.2, -0.15) is 0 Å². The van der Waals surface area contributed by atoms with E-state index in [0.29, 0.717) is 22.9 Å². The van der Waals surface area contributed by atoms with Crippen molar-refractivity contribution in [2.45, 2.75) is 18.9 Å². The molecule has 90 valence electrons. The molecule has 0 aliphatic heterocycles. The van der Waals surface area contributed by atoms with Crippen molar-refractivity contribution in [3.8, 4) is 0 Å². The Morgan fingerprint density at radius 1 is 1.35 bits per heavy atom. The van der Waals surface area contributed by atoms with Gasteiger partial charge in [0.05, 0.1) is 0 Å². The molecule has 1 aliphatic rings. The highest BCUT2D eigenvalue weighted by atomic mass is 35.5. The SMILES string of the molecule is NC1C=CC(C(=O)Cc2cc(Cl)ccc2Cl)C1. The molecule has 1 aromatic rings. The maximum atomic E-state index is 12.0. The standard InChI is InChI=1S/C13H13Cl2NO/c14-10-2-4-12(15)9(5-10)7-13(17)8-1-3-11(16)6-8/h1-5,8,11H,6-7,16H2. The molecule has 0 aromatic heterocycles. The Morgan fingerprint density at radius 3 is 2.76 bits per heavy atom. The Labute approximate surface area is 110 Å². The molecule has 2 atom stereocenters. The third kappa shape index (κ3) is 3.09. The molecule has 0 fully saturated rings. The normalized spacial score (nSPS) is 23.0. The number of rotatable bonds is 3. The fraction of sp³-hybridized carbons (Fsp3) is 0.308. The fourth-order valence-electron chi connectivity index (χ4n) is 1.96. The zero-order valence-corrected chi connectivity index (χ0v) is 10.7. The van der Waals surface area contributed by atoms with E-state index in [-0.39, 0.29) is 17.7 Å². The van der Waals surface area contributed by atoms with Crippen molar-refractivity contribution in [2.24, 2.45) is 11.7 Å². The Morgan fingerprint density at radius 2 is 2.12 bits per heavy atom. The van der Waals surface area contributed by atoms with Crippen molar-refractivity contribution in [3.63, 3.8) is 0 Å². The van der Waals surface area contributed by atoms with Gasteiger partial charge in [0.25, 0.3) is 0 Å². The van der Waals surface area contributed by atoms with Crippen LogP contribution in [0, 0.1) is 5.92 Å². The number of benzene rings is 1. The van der Waals surface area contributed by atoms with Gasteiger partial charge in [-0.05, 0) is 30.2 Å². The molecule has 0 amide bonds. The van der Waals surface area contributed by atoms with Crippen LogP contribution in [0.25, 0.3) is 0 Å². The summed E-state index contributed by atoms with van der Waals surface area (Å²) in [6, 6.07) is 5.16. The Kier molecular flexibility index (Phi) is 3.87. The van der Waals surface area contributed by atoms with Gasteiger partial charge >= 0.3 is 0 Å².